The Balaban J connectivity index is 1.75. The number of hydrogen-bond donors (Lipinski definition) is 1. The number of aryl methyl sites for hydroxylation is 2. The van der Waals surface area contributed by atoms with Crippen LogP contribution < -0.4 is 15.0 Å². The first kappa shape index (κ1) is 16.2. The van der Waals surface area contributed by atoms with Gasteiger partial charge in [-0.05, 0) is 49.2 Å². The molecule has 4 heteroatoms. The smallest absolute Gasteiger partial charge is 0.119 e. The molecule has 0 bridgehead atoms. The predicted octanol–water partition coefficient (Wildman–Crippen LogP) is 3.81. The van der Waals surface area contributed by atoms with E-state index in [-0.39, 0.29) is 0 Å². The van der Waals surface area contributed by atoms with Crippen molar-refractivity contribution in [2.75, 3.05) is 31.1 Å². The van der Waals surface area contributed by atoms with Gasteiger partial charge in [-0.15, -0.1) is 0 Å². The van der Waals surface area contributed by atoms with Crippen LogP contribution in [0.4, 0.5) is 5.69 Å². The van der Waals surface area contributed by atoms with Crippen molar-refractivity contribution < 1.29 is 4.74 Å². The van der Waals surface area contributed by atoms with E-state index in [9.17, 15) is 0 Å². The maximum Gasteiger partial charge on any atom is 0.119 e. The fourth-order valence-corrected chi connectivity index (χ4v) is 3.31. The van der Waals surface area contributed by atoms with Gasteiger partial charge in [-0.2, -0.15) is 0 Å². The van der Waals surface area contributed by atoms with E-state index in [1.165, 1.54) is 16.8 Å². The molecule has 1 heterocycles. The Labute approximate surface area is 143 Å². The summed E-state index contributed by atoms with van der Waals surface area (Å²) in [5, 5.41) is 4.21. The van der Waals surface area contributed by atoms with Crippen LogP contribution in [0.15, 0.2) is 42.5 Å². The van der Waals surface area contributed by atoms with Crippen LogP contribution in [-0.4, -0.2) is 32.3 Å². The van der Waals surface area contributed by atoms with E-state index in [0.29, 0.717) is 12.6 Å². The molecule has 1 N–H and O–H groups in total. The third-order valence-electron chi connectivity index (χ3n) is 4.33. The molecule has 1 atom stereocenters. The third-order valence-corrected chi connectivity index (χ3v) is 4.58. The molecule has 2 aromatic rings. The van der Waals surface area contributed by atoms with Gasteiger partial charge in [0.15, 0.2) is 0 Å². The first-order valence-corrected chi connectivity index (χ1v) is 8.45. The van der Waals surface area contributed by atoms with E-state index >= 15 is 0 Å². The van der Waals surface area contributed by atoms with E-state index in [1.54, 1.807) is 0 Å². The second-order valence-electron chi connectivity index (χ2n) is 6.06. The van der Waals surface area contributed by atoms with Crippen LogP contribution >= 0.6 is 11.6 Å². The number of rotatable bonds is 4. The molecule has 0 saturated carbocycles. The first-order chi connectivity index (χ1) is 11.1. The SMILES string of the molecule is Cc1cccc(C)c1N1CCNCC1COc1ccc(Cl)cc1. The van der Waals surface area contributed by atoms with Crippen LogP contribution in [-0.2, 0) is 0 Å². The minimum atomic E-state index is 0.319. The van der Waals surface area contributed by atoms with Crippen molar-refractivity contribution in [3.05, 3.63) is 58.6 Å². The fraction of sp³-hybridized carbons (Fsp3) is 0.368. The van der Waals surface area contributed by atoms with Gasteiger partial charge in [-0.25, -0.2) is 0 Å². The second kappa shape index (κ2) is 7.24. The van der Waals surface area contributed by atoms with Gasteiger partial charge in [-0.1, -0.05) is 29.8 Å². The Morgan fingerprint density at radius 1 is 1.13 bits per heavy atom. The average molecular weight is 331 g/mol. The van der Waals surface area contributed by atoms with E-state index in [0.717, 1.165) is 30.4 Å². The Kier molecular flexibility index (Phi) is 5.09. The first-order valence-electron chi connectivity index (χ1n) is 8.07. The Hall–Kier alpha value is -1.71. The summed E-state index contributed by atoms with van der Waals surface area (Å²) >= 11 is 5.92. The lowest BCUT2D eigenvalue weighted by Gasteiger charge is -2.39. The van der Waals surface area contributed by atoms with Crippen molar-refractivity contribution in [1.82, 2.24) is 5.32 Å². The summed E-state index contributed by atoms with van der Waals surface area (Å²) < 4.78 is 5.99. The summed E-state index contributed by atoms with van der Waals surface area (Å²) in [6, 6.07) is 14.4. The number of ether oxygens (including phenoxy) is 1. The highest BCUT2D eigenvalue weighted by atomic mass is 35.5. The monoisotopic (exact) mass is 330 g/mol. The van der Waals surface area contributed by atoms with Gasteiger partial charge in [0, 0.05) is 30.3 Å². The van der Waals surface area contributed by atoms with Crippen LogP contribution in [0.5, 0.6) is 5.75 Å². The molecular formula is C19H23ClN2O. The number of nitrogens with zero attached hydrogens (tertiary/aromatic N) is 1. The number of nitrogens with one attached hydrogen (secondary N) is 1. The summed E-state index contributed by atoms with van der Waals surface area (Å²) in [4.78, 5) is 2.48. The highest BCUT2D eigenvalue weighted by Crippen LogP contribution is 2.27. The van der Waals surface area contributed by atoms with Crippen molar-refractivity contribution in [1.29, 1.82) is 0 Å². The lowest BCUT2D eigenvalue weighted by molar-refractivity contribution is 0.267. The summed E-state index contributed by atoms with van der Waals surface area (Å²) in [7, 11) is 0. The molecule has 3 rings (SSSR count). The molecule has 23 heavy (non-hydrogen) atoms. The van der Waals surface area contributed by atoms with Crippen molar-refractivity contribution in [2.45, 2.75) is 19.9 Å². The van der Waals surface area contributed by atoms with Crippen molar-refractivity contribution in [3.8, 4) is 5.75 Å². The maximum atomic E-state index is 5.99. The van der Waals surface area contributed by atoms with E-state index < -0.39 is 0 Å². The van der Waals surface area contributed by atoms with Crippen LogP contribution in [0.25, 0.3) is 0 Å². The van der Waals surface area contributed by atoms with Gasteiger partial charge in [0.2, 0.25) is 0 Å². The minimum Gasteiger partial charge on any atom is -0.491 e. The molecular weight excluding hydrogens is 308 g/mol. The zero-order valence-corrected chi connectivity index (χ0v) is 14.4. The van der Waals surface area contributed by atoms with Gasteiger partial charge < -0.3 is 15.0 Å². The topological polar surface area (TPSA) is 24.5 Å². The molecule has 3 nitrogen and oxygen atoms in total. The zero-order chi connectivity index (χ0) is 16.2. The molecule has 2 aromatic carbocycles. The minimum absolute atomic E-state index is 0.319. The number of anilines is 1. The van der Waals surface area contributed by atoms with Crippen LogP contribution in [0, 0.1) is 13.8 Å². The molecule has 0 amide bonds. The van der Waals surface area contributed by atoms with Crippen molar-refractivity contribution in [2.24, 2.45) is 0 Å². The van der Waals surface area contributed by atoms with Gasteiger partial charge in [0.05, 0.1) is 6.04 Å². The summed E-state index contributed by atoms with van der Waals surface area (Å²) in [5.41, 5.74) is 3.99. The van der Waals surface area contributed by atoms with E-state index in [2.05, 4.69) is 42.3 Å². The normalized spacial score (nSPS) is 18.0. The Bertz CT molecular complexity index is 637. The van der Waals surface area contributed by atoms with Crippen molar-refractivity contribution in [3.63, 3.8) is 0 Å². The van der Waals surface area contributed by atoms with Crippen LogP contribution in [0.2, 0.25) is 5.02 Å². The molecule has 1 aliphatic rings. The van der Waals surface area contributed by atoms with Gasteiger partial charge >= 0.3 is 0 Å². The number of benzene rings is 2. The quantitative estimate of drug-likeness (QED) is 0.922. The van der Waals surface area contributed by atoms with Crippen LogP contribution in [0.3, 0.4) is 0 Å². The third kappa shape index (κ3) is 3.80. The molecule has 122 valence electrons. The van der Waals surface area contributed by atoms with E-state index in [1.807, 2.05) is 24.3 Å². The maximum absolute atomic E-state index is 5.99. The fourth-order valence-electron chi connectivity index (χ4n) is 3.19. The number of piperazine rings is 1. The van der Waals surface area contributed by atoms with E-state index in [4.69, 9.17) is 16.3 Å². The lowest BCUT2D eigenvalue weighted by atomic mass is 10.0. The Morgan fingerprint density at radius 2 is 1.83 bits per heavy atom. The molecule has 0 spiro atoms. The molecule has 1 saturated heterocycles. The van der Waals surface area contributed by atoms with Gasteiger partial charge in [0.25, 0.3) is 0 Å². The molecule has 1 fully saturated rings. The summed E-state index contributed by atoms with van der Waals surface area (Å²) in [6.45, 7) is 7.96. The number of hydrogen-bond acceptors (Lipinski definition) is 3. The summed E-state index contributed by atoms with van der Waals surface area (Å²) in [5.74, 6) is 0.862. The van der Waals surface area contributed by atoms with Crippen molar-refractivity contribution >= 4 is 17.3 Å². The molecule has 0 aliphatic carbocycles. The van der Waals surface area contributed by atoms with Gasteiger partial charge in [0.1, 0.15) is 12.4 Å². The average Bonchev–Trinajstić information content (AvgIpc) is 2.55. The highest BCUT2D eigenvalue weighted by Gasteiger charge is 2.25. The molecule has 1 aliphatic heterocycles. The molecule has 0 radical (unpaired) electrons. The molecule has 1 unspecified atom stereocenters. The predicted molar refractivity (Wildman–Crippen MR) is 96.9 cm³/mol. The summed E-state index contributed by atoms with van der Waals surface area (Å²) in [6.07, 6.45) is 0. The largest absolute Gasteiger partial charge is 0.491 e. The second-order valence-corrected chi connectivity index (χ2v) is 6.49. The standard InChI is InChI=1S/C19H23ClN2O/c1-14-4-3-5-15(2)19(14)22-11-10-21-12-17(22)13-23-18-8-6-16(20)7-9-18/h3-9,17,21H,10-13H2,1-2H3. The highest BCUT2D eigenvalue weighted by molar-refractivity contribution is 6.30. The lowest BCUT2D eigenvalue weighted by Crippen LogP contribution is -2.54. The zero-order valence-electron chi connectivity index (χ0n) is 13.7. The molecule has 0 aromatic heterocycles. The van der Waals surface area contributed by atoms with Crippen LogP contribution in [0.1, 0.15) is 11.1 Å². The Morgan fingerprint density at radius 3 is 2.52 bits per heavy atom. The van der Waals surface area contributed by atoms with Gasteiger partial charge in [-0.3, -0.25) is 0 Å². The number of halogens is 1. The number of para-hydroxylation sites is 1.